The lowest BCUT2D eigenvalue weighted by atomic mass is 10.2. The van der Waals surface area contributed by atoms with Gasteiger partial charge in [-0.25, -0.2) is 4.39 Å². The van der Waals surface area contributed by atoms with Crippen LogP contribution in [0, 0.1) is 10.6 Å². The van der Waals surface area contributed by atoms with Crippen molar-refractivity contribution in [3.05, 3.63) is 59.4 Å². The van der Waals surface area contributed by atoms with E-state index in [0.717, 1.165) is 5.56 Å². The Morgan fingerprint density at radius 3 is 2.58 bits per heavy atom. The van der Waals surface area contributed by atoms with Crippen molar-refractivity contribution in [2.24, 2.45) is 0 Å². The molecule has 1 aromatic carbocycles. The highest BCUT2D eigenvalue weighted by Gasteiger charge is 2.13. The summed E-state index contributed by atoms with van der Waals surface area (Å²) < 4.78 is 15.8. The van der Waals surface area contributed by atoms with Gasteiger partial charge in [0.05, 0.1) is 5.69 Å². The zero-order valence-electron chi connectivity index (χ0n) is 9.75. The zero-order valence-corrected chi connectivity index (χ0v) is 10.6. The van der Waals surface area contributed by atoms with Crippen LogP contribution in [0.15, 0.2) is 48.8 Å². The van der Waals surface area contributed by atoms with Gasteiger partial charge in [-0.2, -0.15) is 5.10 Å². The number of benzene rings is 1. The summed E-state index contributed by atoms with van der Waals surface area (Å²) in [4.78, 5) is 3.95. The third kappa shape index (κ3) is 2.06. The summed E-state index contributed by atoms with van der Waals surface area (Å²) in [7, 11) is 0. The smallest absolute Gasteiger partial charge is 0.200 e. The number of hydrogen-bond donors (Lipinski definition) is 1. The van der Waals surface area contributed by atoms with E-state index < -0.39 is 0 Å². The highest BCUT2D eigenvalue weighted by atomic mass is 32.1. The van der Waals surface area contributed by atoms with E-state index in [-0.39, 0.29) is 5.82 Å². The number of aromatic amines is 1. The van der Waals surface area contributed by atoms with E-state index in [9.17, 15) is 4.39 Å². The van der Waals surface area contributed by atoms with Crippen LogP contribution in [0.4, 0.5) is 4.39 Å². The Morgan fingerprint density at radius 1 is 1.11 bits per heavy atom. The fraction of sp³-hybridized carbons (Fsp3) is 0. The standard InChI is InChI=1S/C13H9FN4S/c14-10-3-1-2-4-11(10)18-12(16-17-13(18)19)9-5-7-15-8-6-9/h1-8H,(H,17,19). The van der Waals surface area contributed by atoms with Gasteiger partial charge in [-0.3, -0.25) is 14.6 Å². The molecule has 0 aliphatic carbocycles. The first-order chi connectivity index (χ1) is 9.27. The molecular formula is C13H9FN4S. The van der Waals surface area contributed by atoms with Crippen molar-refractivity contribution in [2.45, 2.75) is 0 Å². The molecule has 4 nitrogen and oxygen atoms in total. The second-order valence-corrected chi connectivity index (χ2v) is 4.26. The molecule has 3 rings (SSSR count). The highest BCUT2D eigenvalue weighted by Crippen LogP contribution is 2.22. The SMILES string of the molecule is Fc1ccccc1-n1c(-c2ccncc2)n[nH]c1=S. The predicted octanol–water partition coefficient (Wildman–Crippen LogP) is 3.13. The maximum absolute atomic E-state index is 13.9. The second-order valence-electron chi connectivity index (χ2n) is 3.88. The maximum atomic E-state index is 13.9. The van der Waals surface area contributed by atoms with E-state index in [4.69, 9.17) is 12.2 Å². The van der Waals surface area contributed by atoms with Crippen molar-refractivity contribution in [3.63, 3.8) is 0 Å². The number of hydrogen-bond acceptors (Lipinski definition) is 3. The summed E-state index contributed by atoms with van der Waals surface area (Å²) in [6, 6.07) is 10.0. The highest BCUT2D eigenvalue weighted by molar-refractivity contribution is 7.71. The summed E-state index contributed by atoms with van der Waals surface area (Å²) >= 11 is 5.18. The first-order valence-corrected chi connectivity index (χ1v) is 6.01. The topological polar surface area (TPSA) is 46.5 Å². The van der Waals surface area contributed by atoms with Gasteiger partial charge in [0.25, 0.3) is 0 Å². The second kappa shape index (κ2) is 4.74. The molecule has 0 aliphatic heterocycles. The molecule has 0 spiro atoms. The van der Waals surface area contributed by atoms with Gasteiger partial charge in [0.2, 0.25) is 0 Å². The van der Waals surface area contributed by atoms with E-state index in [0.29, 0.717) is 16.3 Å². The maximum Gasteiger partial charge on any atom is 0.200 e. The Hall–Kier alpha value is -2.34. The lowest BCUT2D eigenvalue weighted by Crippen LogP contribution is -2.00. The third-order valence-corrected chi connectivity index (χ3v) is 2.98. The summed E-state index contributed by atoms with van der Waals surface area (Å²) in [5.74, 6) is 0.202. The lowest BCUT2D eigenvalue weighted by Gasteiger charge is -2.07. The van der Waals surface area contributed by atoms with Crippen LogP contribution in [-0.2, 0) is 0 Å². The van der Waals surface area contributed by atoms with Crippen molar-refractivity contribution >= 4 is 12.2 Å². The van der Waals surface area contributed by atoms with Gasteiger partial charge in [-0.05, 0) is 36.5 Å². The van der Waals surface area contributed by atoms with Crippen LogP contribution in [0.5, 0.6) is 0 Å². The molecular weight excluding hydrogens is 263 g/mol. The number of para-hydroxylation sites is 1. The lowest BCUT2D eigenvalue weighted by molar-refractivity contribution is 0.618. The fourth-order valence-electron chi connectivity index (χ4n) is 1.85. The molecule has 2 aromatic heterocycles. The van der Waals surface area contributed by atoms with Crippen LogP contribution in [0.3, 0.4) is 0 Å². The molecule has 0 radical (unpaired) electrons. The average molecular weight is 272 g/mol. The van der Waals surface area contributed by atoms with Crippen LogP contribution in [0.25, 0.3) is 17.1 Å². The molecule has 0 saturated carbocycles. The van der Waals surface area contributed by atoms with Crippen molar-refractivity contribution in [1.82, 2.24) is 19.7 Å². The number of halogens is 1. The Balaban J connectivity index is 2.26. The Kier molecular flexibility index (Phi) is 2.92. The molecule has 6 heteroatoms. The molecule has 0 atom stereocenters. The van der Waals surface area contributed by atoms with Crippen LogP contribution >= 0.6 is 12.2 Å². The minimum absolute atomic E-state index is 0.344. The predicted molar refractivity (Wildman–Crippen MR) is 71.9 cm³/mol. The van der Waals surface area contributed by atoms with E-state index in [1.165, 1.54) is 6.07 Å². The largest absolute Gasteiger partial charge is 0.265 e. The number of aromatic nitrogens is 4. The summed E-state index contributed by atoms with van der Waals surface area (Å²) in [5.41, 5.74) is 1.18. The zero-order chi connectivity index (χ0) is 13.2. The van der Waals surface area contributed by atoms with Gasteiger partial charge >= 0.3 is 0 Å². The minimum Gasteiger partial charge on any atom is -0.265 e. The first-order valence-electron chi connectivity index (χ1n) is 5.60. The Bertz CT molecular complexity index is 764. The van der Waals surface area contributed by atoms with Crippen molar-refractivity contribution in [3.8, 4) is 17.1 Å². The number of pyridine rings is 1. The number of rotatable bonds is 2. The summed E-state index contributed by atoms with van der Waals surface area (Å²) in [5, 5.41) is 6.84. The van der Waals surface area contributed by atoms with E-state index in [2.05, 4.69) is 15.2 Å². The van der Waals surface area contributed by atoms with Crippen molar-refractivity contribution in [1.29, 1.82) is 0 Å². The number of nitrogens with zero attached hydrogens (tertiary/aromatic N) is 3. The Labute approximate surface area is 113 Å². The molecule has 0 saturated heterocycles. The summed E-state index contributed by atoms with van der Waals surface area (Å²) in [6.07, 6.45) is 3.30. The van der Waals surface area contributed by atoms with E-state index in [1.807, 2.05) is 0 Å². The monoisotopic (exact) mass is 272 g/mol. The van der Waals surface area contributed by atoms with Gasteiger partial charge in [0.15, 0.2) is 10.6 Å². The molecule has 2 heterocycles. The average Bonchev–Trinajstić information content (AvgIpc) is 2.82. The first kappa shape index (κ1) is 11.7. The van der Waals surface area contributed by atoms with Crippen LogP contribution in [-0.4, -0.2) is 19.7 Å². The number of H-pyrrole nitrogens is 1. The quantitative estimate of drug-likeness (QED) is 0.729. The van der Waals surface area contributed by atoms with Crippen molar-refractivity contribution < 1.29 is 4.39 Å². The fourth-order valence-corrected chi connectivity index (χ4v) is 2.08. The molecule has 0 fully saturated rings. The molecule has 94 valence electrons. The van der Waals surface area contributed by atoms with Gasteiger partial charge < -0.3 is 0 Å². The van der Waals surface area contributed by atoms with Gasteiger partial charge in [0.1, 0.15) is 5.82 Å². The Morgan fingerprint density at radius 2 is 1.84 bits per heavy atom. The molecule has 3 aromatic rings. The van der Waals surface area contributed by atoms with Gasteiger partial charge in [-0.15, -0.1) is 0 Å². The molecule has 0 amide bonds. The molecule has 0 unspecified atom stereocenters. The van der Waals surface area contributed by atoms with Crippen LogP contribution < -0.4 is 0 Å². The number of nitrogens with one attached hydrogen (secondary N) is 1. The third-order valence-electron chi connectivity index (χ3n) is 2.70. The van der Waals surface area contributed by atoms with Crippen LogP contribution in [0.2, 0.25) is 0 Å². The van der Waals surface area contributed by atoms with Gasteiger partial charge in [0, 0.05) is 18.0 Å². The summed E-state index contributed by atoms with van der Waals surface area (Å²) in [6.45, 7) is 0. The normalized spacial score (nSPS) is 10.6. The van der Waals surface area contributed by atoms with E-state index in [1.54, 1.807) is 47.3 Å². The molecule has 19 heavy (non-hydrogen) atoms. The molecule has 0 bridgehead atoms. The van der Waals surface area contributed by atoms with Gasteiger partial charge in [-0.1, -0.05) is 12.1 Å². The minimum atomic E-state index is -0.352. The molecule has 0 aliphatic rings. The molecule has 1 N–H and O–H groups in total. The van der Waals surface area contributed by atoms with Crippen molar-refractivity contribution in [2.75, 3.05) is 0 Å². The van der Waals surface area contributed by atoms with Crippen LogP contribution in [0.1, 0.15) is 0 Å². The van der Waals surface area contributed by atoms with E-state index >= 15 is 0 Å².